The summed E-state index contributed by atoms with van der Waals surface area (Å²) in [5.74, 6) is 6.14. The number of aromatic nitrogens is 1. The van der Waals surface area contributed by atoms with Gasteiger partial charge >= 0.3 is 0 Å². The number of hydrazine groups is 1. The number of pyridine rings is 1. The zero-order valence-electron chi connectivity index (χ0n) is 10.3. The second-order valence-corrected chi connectivity index (χ2v) is 3.78. The molecule has 0 aliphatic carbocycles. The summed E-state index contributed by atoms with van der Waals surface area (Å²) in [6, 6.07) is 9.82. The molecule has 0 fully saturated rings. The molecule has 3 N–H and O–H groups in total. The monoisotopic (exact) mass is 244 g/mol. The van der Waals surface area contributed by atoms with E-state index in [1.165, 1.54) is 0 Å². The molecule has 94 valence electrons. The van der Waals surface area contributed by atoms with Crippen molar-refractivity contribution in [2.24, 2.45) is 10.8 Å². The lowest BCUT2D eigenvalue weighted by atomic mass is 10.1. The highest BCUT2D eigenvalue weighted by Gasteiger charge is 2.03. The predicted octanol–water partition coefficient (Wildman–Crippen LogP) is 1.09. The van der Waals surface area contributed by atoms with E-state index < -0.39 is 0 Å². The van der Waals surface area contributed by atoms with Gasteiger partial charge in [-0.3, -0.25) is 9.98 Å². The molecule has 0 saturated heterocycles. The molecule has 2 rings (SSSR count). The third-order valence-corrected chi connectivity index (χ3v) is 2.58. The van der Waals surface area contributed by atoms with Crippen LogP contribution in [-0.2, 0) is 4.74 Å². The lowest BCUT2D eigenvalue weighted by Gasteiger charge is -2.07. The van der Waals surface area contributed by atoms with Gasteiger partial charge in [0.25, 0.3) is 0 Å². The number of nitrogens with two attached hydrogens (primary N) is 1. The summed E-state index contributed by atoms with van der Waals surface area (Å²) in [5.41, 5.74) is 4.51. The van der Waals surface area contributed by atoms with Gasteiger partial charge in [0.15, 0.2) is 0 Å². The van der Waals surface area contributed by atoms with Gasteiger partial charge in [-0.15, -0.1) is 0 Å². The minimum atomic E-state index is 0.570. The molecule has 0 amide bonds. The van der Waals surface area contributed by atoms with Crippen LogP contribution in [0.4, 0.5) is 0 Å². The Hall–Kier alpha value is -1.98. The minimum Gasteiger partial charge on any atom is -0.383 e. The summed E-state index contributed by atoms with van der Waals surface area (Å²) in [5, 5.41) is 1.06. The standard InChI is InChI=1S/C13H16N4O/c1-18-8-7-16-13(17-14)11-4-5-12-10(9-11)3-2-6-15-12/h2-6,9H,7-8,14H2,1H3,(H,16,17). The van der Waals surface area contributed by atoms with Crippen molar-refractivity contribution in [3.63, 3.8) is 0 Å². The first-order valence-electron chi connectivity index (χ1n) is 5.70. The van der Waals surface area contributed by atoms with Crippen LogP contribution in [0.5, 0.6) is 0 Å². The first kappa shape index (κ1) is 12.5. The molecule has 1 aromatic heterocycles. The molecule has 0 radical (unpaired) electrons. The first-order chi connectivity index (χ1) is 8.85. The quantitative estimate of drug-likeness (QED) is 0.278. The van der Waals surface area contributed by atoms with Gasteiger partial charge in [-0.25, -0.2) is 5.84 Å². The number of aliphatic imine (C=N–C) groups is 1. The van der Waals surface area contributed by atoms with Gasteiger partial charge in [-0.05, 0) is 24.3 Å². The number of rotatable bonds is 4. The number of fused-ring (bicyclic) bond motifs is 1. The molecule has 5 heteroatoms. The Morgan fingerprint density at radius 2 is 2.33 bits per heavy atom. The van der Waals surface area contributed by atoms with E-state index in [1.807, 2.05) is 30.3 Å². The van der Waals surface area contributed by atoms with Crippen molar-refractivity contribution in [3.05, 3.63) is 42.1 Å². The van der Waals surface area contributed by atoms with Crippen LogP contribution in [0.3, 0.4) is 0 Å². The zero-order valence-corrected chi connectivity index (χ0v) is 10.3. The summed E-state index contributed by atoms with van der Waals surface area (Å²) in [4.78, 5) is 8.62. The lowest BCUT2D eigenvalue weighted by molar-refractivity contribution is 0.208. The van der Waals surface area contributed by atoms with Crippen LogP contribution in [0.2, 0.25) is 0 Å². The molecule has 0 unspecified atom stereocenters. The zero-order chi connectivity index (χ0) is 12.8. The molecule has 5 nitrogen and oxygen atoms in total. The molecule has 0 bridgehead atoms. The SMILES string of the molecule is COCCN=C(NN)c1ccc2ncccc2c1. The van der Waals surface area contributed by atoms with Crippen LogP contribution < -0.4 is 11.3 Å². The lowest BCUT2D eigenvalue weighted by Crippen LogP contribution is -2.31. The van der Waals surface area contributed by atoms with E-state index in [-0.39, 0.29) is 0 Å². The van der Waals surface area contributed by atoms with Gasteiger partial charge in [0.2, 0.25) is 0 Å². The van der Waals surface area contributed by atoms with Crippen LogP contribution in [0.15, 0.2) is 41.5 Å². The second kappa shape index (κ2) is 6.09. The molecular formula is C13H16N4O. The third kappa shape index (κ3) is 2.82. The van der Waals surface area contributed by atoms with Crippen molar-refractivity contribution in [1.82, 2.24) is 10.4 Å². The van der Waals surface area contributed by atoms with Crippen molar-refractivity contribution in [1.29, 1.82) is 0 Å². The summed E-state index contributed by atoms with van der Waals surface area (Å²) < 4.78 is 4.96. The van der Waals surface area contributed by atoms with Crippen LogP contribution >= 0.6 is 0 Å². The third-order valence-electron chi connectivity index (χ3n) is 2.58. The minimum absolute atomic E-state index is 0.570. The Morgan fingerprint density at radius 3 is 3.11 bits per heavy atom. The molecule has 18 heavy (non-hydrogen) atoms. The molecule has 2 aromatic rings. The summed E-state index contributed by atoms with van der Waals surface area (Å²) in [7, 11) is 1.65. The maximum atomic E-state index is 5.49. The average molecular weight is 244 g/mol. The van der Waals surface area contributed by atoms with E-state index in [0.29, 0.717) is 19.0 Å². The van der Waals surface area contributed by atoms with Gasteiger partial charge in [0.1, 0.15) is 5.84 Å². The van der Waals surface area contributed by atoms with Gasteiger partial charge in [-0.1, -0.05) is 6.07 Å². The largest absolute Gasteiger partial charge is 0.383 e. The molecular weight excluding hydrogens is 228 g/mol. The maximum Gasteiger partial charge on any atom is 0.142 e. The fourth-order valence-corrected chi connectivity index (χ4v) is 1.69. The molecule has 0 aliphatic heterocycles. The summed E-state index contributed by atoms with van der Waals surface area (Å²) in [6.45, 7) is 1.14. The number of benzene rings is 1. The molecule has 0 aliphatic rings. The Labute approximate surface area is 106 Å². The maximum absolute atomic E-state index is 5.49. The van der Waals surface area contributed by atoms with Crippen LogP contribution in [-0.4, -0.2) is 31.1 Å². The number of methoxy groups -OCH3 is 1. The number of amidine groups is 1. The smallest absolute Gasteiger partial charge is 0.142 e. The van der Waals surface area contributed by atoms with E-state index in [0.717, 1.165) is 16.5 Å². The summed E-state index contributed by atoms with van der Waals surface area (Å²) in [6.07, 6.45) is 1.77. The van der Waals surface area contributed by atoms with E-state index in [9.17, 15) is 0 Å². The fourth-order valence-electron chi connectivity index (χ4n) is 1.69. The van der Waals surface area contributed by atoms with Gasteiger partial charge < -0.3 is 10.2 Å². The highest BCUT2D eigenvalue weighted by Crippen LogP contribution is 2.13. The van der Waals surface area contributed by atoms with E-state index in [1.54, 1.807) is 13.3 Å². The second-order valence-electron chi connectivity index (χ2n) is 3.78. The Bertz CT molecular complexity index is 553. The van der Waals surface area contributed by atoms with Crippen molar-refractivity contribution in [3.8, 4) is 0 Å². The fraction of sp³-hybridized carbons (Fsp3) is 0.231. The number of ether oxygens (including phenoxy) is 1. The molecule has 0 spiro atoms. The predicted molar refractivity (Wildman–Crippen MR) is 72.3 cm³/mol. The van der Waals surface area contributed by atoms with Crippen molar-refractivity contribution in [2.75, 3.05) is 20.3 Å². The highest BCUT2D eigenvalue weighted by atomic mass is 16.5. The van der Waals surface area contributed by atoms with Gasteiger partial charge in [-0.2, -0.15) is 0 Å². The number of nitrogens with one attached hydrogen (secondary N) is 1. The first-order valence-corrected chi connectivity index (χ1v) is 5.70. The van der Waals surface area contributed by atoms with Crippen LogP contribution in [0, 0.1) is 0 Å². The summed E-state index contributed by atoms with van der Waals surface area (Å²) >= 11 is 0. The number of nitrogens with zero attached hydrogens (tertiary/aromatic N) is 2. The molecule has 1 aromatic carbocycles. The Morgan fingerprint density at radius 1 is 1.44 bits per heavy atom. The van der Waals surface area contributed by atoms with Gasteiger partial charge in [0, 0.05) is 24.3 Å². The Balaban J connectivity index is 2.30. The molecule has 0 atom stereocenters. The van der Waals surface area contributed by atoms with Crippen LogP contribution in [0.1, 0.15) is 5.56 Å². The number of hydrogen-bond donors (Lipinski definition) is 2. The molecule has 0 saturated carbocycles. The van der Waals surface area contributed by atoms with E-state index in [2.05, 4.69) is 15.4 Å². The van der Waals surface area contributed by atoms with Gasteiger partial charge in [0.05, 0.1) is 18.7 Å². The normalized spacial score (nSPS) is 11.8. The van der Waals surface area contributed by atoms with E-state index >= 15 is 0 Å². The average Bonchev–Trinajstić information content (AvgIpc) is 2.43. The topological polar surface area (TPSA) is 72.5 Å². The number of hydrogen-bond acceptors (Lipinski definition) is 4. The highest BCUT2D eigenvalue weighted by molar-refractivity contribution is 6.01. The van der Waals surface area contributed by atoms with Crippen molar-refractivity contribution in [2.45, 2.75) is 0 Å². The Kier molecular flexibility index (Phi) is 4.22. The van der Waals surface area contributed by atoms with Crippen molar-refractivity contribution >= 4 is 16.7 Å². The molecule has 1 heterocycles. The van der Waals surface area contributed by atoms with Crippen LogP contribution in [0.25, 0.3) is 10.9 Å². The van der Waals surface area contributed by atoms with Crippen molar-refractivity contribution < 1.29 is 4.74 Å². The van der Waals surface area contributed by atoms with E-state index in [4.69, 9.17) is 10.6 Å².